The molecule has 1 aliphatic carbocycles. The van der Waals surface area contributed by atoms with Gasteiger partial charge in [0.05, 0.1) is 0 Å². The number of amides is 1. The number of carbonyl (C=O) groups is 2. The van der Waals surface area contributed by atoms with Crippen molar-refractivity contribution in [3.05, 3.63) is 29.8 Å². The first-order valence-electron chi connectivity index (χ1n) is 6.60. The topological polar surface area (TPSA) is 69.2 Å². The van der Waals surface area contributed by atoms with Crippen molar-refractivity contribution in [3.63, 3.8) is 0 Å². The fourth-order valence-electron chi connectivity index (χ4n) is 2.65. The van der Waals surface area contributed by atoms with E-state index in [0.29, 0.717) is 18.5 Å². The molecule has 4 nitrogen and oxygen atoms in total. The van der Waals surface area contributed by atoms with Crippen LogP contribution in [0.25, 0.3) is 0 Å². The van der Waals surface area contributed by atoms with E-state index in [1.807, 2.05) is 31.2 Å². The summed E-state index contributed by atoms with van der Waals surface area (Å²) < 4.78 is 0. The number of aliphatic carboxylic acids is 1. The highest BCUT2D eigenvalue weighted by Gasteiger charge is 2.37. The molecule has 0 spiro atoms. The van der Waals surface area contributed by atoms with Crippen LogP contribution in [-0.4, -0.2) is 11.9 Å². The van der Waals surface area contributed by atoms with Crippen LogP contribution in [0.1, 0.15) is 37.7 Å². The average molecular weight is 260 g/mol. The third kappa shape index (κ3) is 3.13. The second-order valence-electron chi connectivity index (χ2n) is 5.37. The molecule has 0 atom stereocenters. The largest absolute Gasteiger partial charge is 0.550 e. The Kier molecular flexibility index (Phi) is 3.88. The normalized spacial score (nSPS) is 17.1. The van der Waals surface area contributed by atoms with E-state index in [2.05, 4.69) is 5.32 Å². The Morgan fingerprint density at radius 1 is 1.21 bits per heavy atom. The molecule has 1 amide bonds. The van der Waals surface area contributed by atoms with Crippen LogP contribution < -0.4 is 10.4 Å². The Labute approximate surface area is 112 Å². The van der Waals surface area contributed by atoms with E-state index < -0.39 is 11.4 Å². The molecule has 2 rings (SSSR count). The highest BCUT2D eigenvalue weighted by atomic mass is 16.4. The van der Waals surface area contributed by atoms with E-state index in [1.165, 1.54) is 0 Å². The minimum Gasteiger partial charge on any atom is -0.550 e. The Hall–Kier alpha value is -1.84. The van der Waals surface area contributed by atoms with Gasteiger partial charge >= 0.3 is 0 Å². The minimum atomic E-state index is -1.09. The number of benzene rings is 1. The lowest BCUT2D eigenvalue weighted by molar-refractivity contribution is -0.319. The van der Waals surface area contributed by atoms with Gasteiger partial charge in [-0.15, -0.1) is 0 Å². The van der Waals surface area contributed by atoms with Crippen LogP contribution in [0.5, 0.6) is 0 Å². The van der Waals surface area contributed by atoms with Crippen molar-refractivity contribution in [3.8, 4) is 0 Å². The number of carboxylic acids is 1. The molecule has 1 N–H and O–H groups in total. The quantitative estimate of drug-likeness (QED) is 0.894. The summed E-state index contributed by atoms with van der Waals surface area (Å²) in [6.07, 6.45) is 2.79. The monoisotopic (exact) mass is 260 g/mol. The Morgan fingerprint density at radius 2 is 1.79 bits per heavy atom. The summed E-state index contributed by atoms with van der Waals surface area (Å²) >= 11 is 0. The van der Waals surface area contributed by atoms with Gasteiger partial charge in [0.2, 0.25) is 5.91 Å². The van der Waals surface area contributed by atoms with Crippen molar-refractivity contribution in [1.82, 2.24) is 0 Å². The molecule has 0 aromatic heterocycles. The third-order valence-corrected chi connectivity index (χ3v) is 3.83. The molecular formula is C15H18NO3-. The number of aryl methyl sites for hydroxylation is 1. The molecule has 19 heavy (non-hydrogen) atoms. The molecule has 1 saturated carbocycles. The highest BCUT2D eigenvalue weighted by Crippen LogP contribution is 2.40. The van der Waals surface area contributed by atoms with Gasteiger partial charge in [-0.3, -0.25) is 4.79 Å². The van der Waals surface area contributed by atoms with E-state index in [0.717, 1.165) is 18.4 Å². The summed E-state index contributed by atoms with van der Waals surface area (Å²) in [5, 5.41) is 14.0. The lowest BCUT2D eigenvalue weighted by Crippen LogP contribution is -2.42. The molecule has 0 saturated heterocycles. The van der Waals surface area contributed by atoms with Crippen LogP contribution in [0.15, 0.2) is 24.3 Å². The van der Waals surface area contributed by atoms with E-state index >= 15 is 0 Å². The number of carboxylic acid groups (broad SMARTS) is 1. The van der Waals surface area contributed by atoms with Gasteiger partial charge in [0.1, 0.15) is 0 Å². The number of anilines is 1. The summed E-state index contributed by atoms with van der Waals surface area (Å²) in [5.41, 5.74) is 0.844. The highest BCUT2D eigenvalue weighted by molar-refractivity contribution is 5.94. The van der Waals surface area contributed by atoms with E-state index in [4.69, 9.17) is 0 Å². The smallest absolute Gasteiger partial charge is 0.225 e. The molecular weight excluding hydrogens is 242 g/mol. The van der Waals surface area contributed by atoms with Crippen LogP contribution in [0, 0.1) is 12.3 Å². The standard InChI is InChI=1S/C15H19NO3/c1-11-4-6-12(7-5-11)16-13(17)10-15(14(18)19)8-2-3-9-15/h4-7H,2-3,8-10H2,1H3,(H,16,17)(H,18,19)/p-1. The van der Waals surface area contributed by atoms with Crippen molar-refractivity contribution in [1.29, 1.82) is 0 Å². The second-order valence-corrected chi connectivity index (χ2v) is 5.37. The Bertz CT molecular complexity index is 473. The van der Waals surface area contributed by atoms with Crippen LogP contribution >= 0.6 is 0 Å². The maximum absolute atomic E-state index is 12.0. The van der Waals surface area contributed by atoms with Crippen LogP contribution in [0.3, 0.4) is 0 Å². The van der Waals surface area contributed by atoms with Gasteiger partial charge in [-0.05, 0) is 31.9 Å². The van der Waals surface area contributed by atoms with Gasteiger partial charge in [-0.25, -0.2) is 0 Å². The molecule has 1 aromatic rings. The molecule has 1 aliphatic rings. The minimum absolute atomic E-state index is 0.00318. The summed E-state index contributed by atoms with van der Waals surface area (Å²) in [7, 11) is 0. The first kappa shape index (κ1) is 13.6. The summed E-state index contributed by atoms with van der Waals surface area (Å²) in [4.78, 5) is 23.2. The maximum atomic E-state index is 12.0. The number of hydrogen-bond donors (Lipinski definition) is 1. The van der Waals surface area contributed by atoms with Crippen molar-refractivity contribution in [2.24, 2.45) is 5.41 Å². The molecule has 1 aromatic carbocycles. The fraction of sp³-hybridized carbons (Fsp3) is 0.467. The number of carbonyl (C=O) groups excluding carboxylic acids is 2. The Balaban J connectivity index is 2.00. The molecule has 102 valence electrons. The predicted molar refractivity (Wildman–Crippen MR) is 70.3 cm³/mol. The number of rotatable bonds is 4. The summed E-state index contributed by atoms with van der Waals surface area (Å²) in [6.45, 7) is 1.97. The van der Waals surface area contributed by atoms with E-state index in [1.54, 1.807) is 0 Å². The Morgan fingerprint density at radius 3 is 2.32 bits per heavy atom. The zero-order valence-electron chi connectivity index (χ0n) is 11.1. The fourth-order valence-corrected chi connectivity index (χ4v) is 2.65. The van der Waals surface area contributed by atoms with Crippen LogP contribution in [0.4, 0.5) is 5.69 Å². The van der Waals surface area contributed by atoms with E-state index in [9.17, 15) is 14.7 Å². The van der Waals surface area contributed by atoms with Crippen molar-refractivity contribution in [2.75, 3.05) is 5.32 Å². The van der Waals surface area contributed by atoms with E-state index in [-0.39, 0.29) is 12.3 Å². The maximum Gasteiger partial charge on any atom is 0.225 e. The molecule has 0 unspecified atom stereocenters. The SMILES string of the molecule is Cc1ccc(NC(=O)CC2(C(=O)[O-])CCCC2)cc1. The third-order valence-electron chi connectivity index (χ3n) is 3.83. The molecule has 1 fully saturated rings. The molecule has 4 heteroatoms. The van der Waals surface area contributed by atoms with Crippen LogP contribution in [-0.2, 0) is 9.59 Å². The number of hydrogen-bond acceptors (Lipinski definition) is 3. The van der Waals surface area contributed by atoms with Crippen molar-refractivity contribution in [2.45, 2.75) is 39.0 Å². The summed E-state index contributed by atoms with van der Waals surface area (Å²) in [5.74, 6) is -1.35. The molecule has 0 aliphatic heterocycles. The van der Waals surface area contributed by atoms with Gasteiger partial charge < -0.3 is 15.2 Å². The average Bonchev–Trinajstić information content (AvgIpc) is 2.82. The molecule has 0 heterocycles. The van der Waals surface area contributed by atoms with Crippen molar-refractivity contribution >= 4 is 17.6 Å². The first-order chi connectivity index (χ1) is 9.02. The zero-order valence-corrected chi connectivity index (χ0v) is 11.1. The van der Waals surface area contributed by atoms with Crippen LogP contribution in [0.2, 0.25) is 0 Å². The van der Waals surface area contributed by atoms with Gasteiger partial charge in [0, 0.05) is 23.5 Å². The van der Waals surface area contributed by atoms with Crippen molar-refractivity contribution < 1.29 is 14.7 Å². The number of nitrogens with one attached hydrogen (secondary N) is 1. The molecule has 0 bridgehead atoms. The summed E-state index contributed by atoms with van der Waals surface area (Å²) in [6, 6.07) is 7.43. The zero-order chi connectivity index (χ0) is 13.9. The van der Waals surface area contributed by atoms with Gasteiger partial charge in [0.25, 0.3) is 0 Å². The van der Waals surface area contributed by atoms with Gasteiger partial charge in [-0.2, -0.15) is 0 Å². The van der Waals surface area contributed by atoms with Gasteiger partial charge in [-0.1, -0.05) is 30.5 Å². The second kappa shape index (κ2) is 5.43. The van der Waals surface area contributed by atoms with Gasteiger partial charge in [0.15, 0.2) is 0 Å². The first-order valence-corrected chi connectivity index (χ1v) is 6.60. The lowest BCUT2D eigenvalue weighted by atomic mass is 9.82. The predicted octanol–water partition coefficient (Wildman–Crippen LogP) is 1.63. The lowest BCUT2D eigenvalue weighted by Gasteiger charge is -2.29. The molecule has 0 radical (unpaired) electrons.